The van der Waals surface area contributed by atoms with Crippen LogP contribution in [0.5, 0.6) is 0 Å². The number of hydrogen-bond donors (Lipinski definition) is 1. The van der Waals surface area contributed by atoms with Gasteiger partial charge in [0.25, 0.3) is 0 Å². The van der Waals surface area contributed by atoms with Crippen LogP contribution < -0.4 is 5.32 Å². The average Bonchev–Trinajstić information content (AvgIpc) is 2.66. The van der Waals surface area contributed by atoms with Crippen LogP contribution in [0.15, 0.2) is 24.4 Å². The van der Waals surface area contributed by atoms with Crippen molar-refractivity contribution in [1.29, 1.82) is 0 Å². The first-order valence-corrected chi connectivity index (χ1v) is 5.81. The molecule has 2 heterocycles. The van der Waals surface area contributed by atoms with Gasteiger partial charge in [-0.3, -0.25) is 0 Å². The molecule has 0 bridgehead atoms. The van der Waals surface area contributed by atoms with E-state index in [1.807, 2.05) is 24.4 Å². The Morgan fingerprint density at radius 3 is 3.00 bits per heavy atom. The lowest BCUT2D eigenvalue weighted by molar-refractivity contribution is 0.179. The summed E-state index contributed by atoms with van der Waals surface area (Å²) in [5, 5.41) is 7.70. The highest BCUT2D eigenvalue weighted by atomic mass is 15.3. The molecule has 0 amide bonds. The Bertz CT molecular complexity index is 465. The fourth-order valence-corrected chi connectivity index (χ4v) is 2.16. The van der Waals surface area contributed by atoms with Crippen LogP contribution in [0.4, 0.5) is 5.95 Å². The van der Waals surface area contributed by atoms with Crippen molar-refractivity contribution in [3.05, 3.63) is 24.4 Å². The topological polar surface area (TPSA) is 42.2 Å². The number of fused-ring (bicyclic) bond motifs is 1. The lowest BCUT2D eigenvalue weighted by atomic mass is 9.70. The van der Waals surface area contributed by atoms with Crippen molar-refractivity contribution in [1.82, 2.24) is 14.6 Å². The molecule has 1 aliphatic carbocycles. The molecule has 0 saturated heterocycles. The number of aromatic nitrogens is 3. The molecule has 1 saturated carbocycles. The van der Waals surface area contributed by atoms with Crippen LogP contribution in [-0.2, 0) is 0 Å². The lowest BCUT2D eigenvalue weighted by Crippen LogP contribution is -2.33. The Balaban J connectivity index is 1.74. The van der Waals surface area contributed by atoms with Crippen molar-refractivity contribution in [2.75, 3.05) is 11.9 Å². The first-order valence-electron chi connectivity index (χ1n) is 5.81. The van der Waals surface area contributed by atoms with Gasteiger partial charge in [0, 0.05) is 12.7 Å². The Morgan fingerprint density at radius 1 is 1.44 bits per heavy atom. The van der Waals surface area contributed by atoms with Gasteiger partial charge in [0.05, 0.1) is 0 Å². The van der Waals surface area contributed by atoms with Crippen molar-refractivity contribution in [3.8, 4) is 0 Å². The van der Waals surface area contributed by atoms with Gasteiger partial charge in [-0.05, 0) is 30.4 Å². The molecular formula is C12H16N4. The zero-order valence-corrected chi connectivity index (χ0v) is 9.48. The van der Waals surface area contributed by atoms with Gasteiger partial charge in [0.2, 0.25) is 5.95 Å². The smallest absolute Gasteiger partial charge is 0.243 e. The van der Waals surface area contributed by atoms with Crippen LogP contribution >= 0.6 is 0 Å². The van der Waals surface area contributed by atoms with Gasteiger partial charge in [0.1, 0.15) is 0 Å². The standard InChI is InChI=1S/C12H16N4/c1-12(6-4-7-12)9-13-11-14-10-5-2-3-8-16(10)15-11/h2-3,5,8H,4,6-7,9H2,1H3,(H,13,15). The fraction of sp³-hybridized carbons (Fsp3) is 0.500. The maximum atomic E-state index is 4.41. The van der Waals surface area contributed by atoms with E-state index < -0.39 is 0 Å². The number of nitrogens with one attached hydrogen (secondary N) is 1. The van der Waals surface area contributed by atoms with Gasteiger partial charge >= 0.3 is 0 Å². The van der Waals surface area contributed by atoms with Crippen molar-refractivity contribution in [2.24, 2.45) is 5.41 Å². The number of anilines is 1. The monoisotopic (exact) mass is 216 g/mol. The lowest BCUT2D eigenvalue weighted by Gasteiger charge is -2.38. The number of pyridine rings is 1. The molecule has 84 valence electrons. The van der Waals surface area contributed by atoms with E-state index in [-0.39, 0.29) is 0 Å². The number of nitrogens with zero attached hydrogens (tertiary/aromatic N) is 3. The van der Waals surface area contributed by atoms with Gasteiger partial charge in [-0.2, -0.15) is 4.98 Å². The summed E-state index contributed by atoms with van der Waals surface area (Å²) in [4.78, 5) is 4.41. The molecule has 0 aliphatic heterocycles. The third-order valence-corrected chi connectivity index (χ3v) is 3.48. The van der Waals surface area contributed by atoms with Crippen LogP contribution in [0, 0.1) is 5.41 Å². The van der Waals surface area contributed by atoms with E-state index in [1.165, 1.54) is 19.3 Å². The van der Waals surface area contributed by atoms with Gasteiger partial charge in [-0.15, -0.1) is 5.10 Å². The van der Waals surface area contributed by atoms with Crippen molar-refractivity contribution >= 4 is 11.6 Å². The van der Waals surface area contributed by atoms with Crippen LogP contribution in [0.3, 0.4) is 0 Å². The summed E-state index contributed by atoms with van der Waals surface area (Å²) in [7, 11) is 0. The van der Waals surface area contributed by atoms with E-state index >= 15 is 0 Å². The van der Waals surface area contributed by atoms with Gasteiger partial charge < -0.3 is 5.32 Å². The van der Waals surface area contributed by atoms with E-state index in [1.54, 1.807) is 4.52 Å². The summed E-state index contributed by atoms with van der Waals surface area (Å²) in [6.07, 6.45) is 5.90. The predicted octanol–water partition coefficient (Wildman–Crippen LogP) is 2.33. The van der Waals surface area contributed by atoms with Crippen LogP contribution in [-0.4, -0.2) is 21.1 Å². The zero-order chi connectivity index (χ0) is 11.0. The Labute approximate surface area is 94.7 Å². The third-order valence-electron chi connectivity index (χ3n) is 3.48. The molecule has 0 radical (unpaired) electrons. The van der Waals surface area contributed by atoms with Gasteiger partial charge in [-0.25, -0.2) is 4.52 Å². The normalized spacial score (nSPS) is 18.3. The van der Waals surface area contributed by atoms with Crippen molar-refractivity contribution < 1.29 is 0 Å². The molecule has 0 atom stereocenters. The second kappa shape index (κ2) is 3.47. The Hall–Kier alpha value is -1.58. The maximum Gasteiger partial charge on any atom is 0.243 e. The molecule has 16 heavy (non-hydrogen) atoms. The maximum absolute atomic E-state index is 4.41. The molecule has 1 fully saturated rings. The van der Waals surface area contributed by atoms with E-state index in [0.717, 1.165) is 18.1 Å². The molecule has 0 spiro atoms. The predicted molar refractivity (Wildman–Crippen MR) is 63.4 cm³/mol. The Kier molecular flexibility index (Phi) is 2.09. The summed E-state index contributed by atoms with van der Waals surface area (Å²) in [6.45, 7) is 3.29. The van der Waals surface area contributed by atoms with Crippen LogP contribution in [0.1, 0.15) is 26.2 Å². The molecule has 0 unspecified atom stereocenters. The van der Waals surface area contributed by atoms with Crippen molar-refractivity contribution in [3.63, 3.8) is 0 Å². The highest BCUT2D eigenvalue weighted by Gasteiger charge is 2.31. The van der Waals surface area contributed by atoms with E-state index in [9.17, 15) is 0 Å². The Morgan fingerprint density at radius 2 is 2.31 bits per heavy atom. The molecule has 4 heteroatoms. The zero-order valence-electron chi connectivity index (χ0n) is 9.48. The first-order chi connectivity index (χ1) is 7.75. The summed E-state index contributed by atoms with van der Waals surface area (Å²) < 4.78 is 1.80. The van der Waals surface area contributed by atoms with Crippen LogP contribution in [0.2, 0.25) is 0 Å². The largest absolute Gasteiger partial charge is 0.352 e. The molecule has 0 aromatic carbocycles. The molecule has 1 N–H and O–H groups in total. The second-order valence-electron chi connectivity index (χ2n) is 4.96. The van der Waals surface area contributed by atoms with E-state index in [4.69, 9.17) is 0 Å². The molecule has 3 rings (SSSR count). The fourth-order valence-electron chi connectivity index (χ4n) is 2.16. The van der Waals surface area contributed by atoms with E-state index in [2.05, 4.69) is 22.3 Å². The van der Waals surface area contributed by atoms with Crippen LogP contribution in [0.25, 0.3) is 5.65 Å². The van der Waals surface area contributed by atoms with Gasteiger partial charge in [0.15, 0.2) is 5.65 Å². The number of rotatable bonds is 3. The minimum Gasteiger partial charge on any atom is -0.352 e. The molecule has 2 aromatic heterocycles. The SMILES string of the molecule is CC1(CNc2nc3ccccn3n2)CCC1. The van der Waals surface area contributed by atoms with E-state index in [0.29, 0.717) is 5.41 Å². The summed E-state index contributed by atoms with van der Waals surface area (Å²) in [5.74, 6) is 0.735. The molecular weight excluding hydrogens is 200 g/mol. The summed E-state index contributed by atoms with van der Waals surface area (Å²) >= 11 is 0. The molecule has 2 aromatic rings. The quantitative estimate of drug-likeness (QED) is 0.856. The minimum absolute atomic E-state index is 0.456. The average molecular weight is 216 g/mol. The second-order valence-corrected chi connectivity index (χ2v) is 4.96. The third kappa shape index (κ3) is 1.64. The van der Waals surface area contributed by atoms with Gasteiger partial charge in [-0.1, -0.05) is 19.4 Å². The molecule has 1 aliphatic rings. The molecule has 4 nitrogen and oxygen atoms in total. The first kappa shape index (κ1) is 9.63. The summed E-state index contributed by atoms with van der Waals surface area (Å²) in [6, 6.07) is 5.89. The highest BCUT2D eigenvalue weighted by molar-refractivity contribution is 5.42. The minimum atomic E-state index is 0.456. The highest BCUT2D eigenvalue weighted by Crippen LogP contribution is 2.39. The number of hydrogen-bond acceptors (Lipinski definition) is 3. The van der Waals surface area contributed by atoms with Crippen molar-refractivity contribution in [2.45, 2.75) is 26.2 Å². The summed E-state index contributed by atoms with van der Waals surface area (Å²) in [5.41, 5.74) is 1.35.